The Morgan fingerprint density at radius 3 is 2.47 bits per heavy atom. The fraction of sp³-hybridized carbons (Fsp3) is 0.273. The van der Waals surface area contributed by atoms with E-state index >= 15 is 0 Å². The second-order valence-electron chi connectivity index (χ2n) is 3.44. The smallest absolute Gasteiger partial charge is 0.337 e. The van der Waals surface area contributed by atoms with Crippen molar-refractivity contribution in [2.75, 3.05) is 5.33 Å². The van der Waals surface area contributed by atoms with Gasteiger partial charge in [-0.15, -0.1) is 0 Å². The number of halogens is 2. The maximum atomic E-state index is 11.2. The van der Waals surface area contributed by atoms with Crippen molar-refractivity contribution < 1.29 is 19.8 Å². The van der Waals surface area contributed by atoms with Crippen molar-refractivity contribution in [1.82, 2.24) is 0 Å². The molecule has 4 nitrogen and oxygen atoms in total. The summed E-state index contributed by atoms with van der Waals surface area (Å²) in [6.45, 7) is 0. The maximum absolute atomic E-state index is 11.2. The predicted molar refractivity (Wildman–Crippen MR) is 69.2 cm³/mol. The van der Waals surface area contributed by atoms with Gasteiger partial charge in [-0.3, -0.25) is 4.79 Å². The number of carboxylic acid groups (broad SMARTS) is 1. The second-order valence-corrected chi connectivity index (χ2v) is 4.86. The van der Waals surface area contributed by atoms with Crippen molar-refractivity contribution in [2.45, 2.75) is 12.5 Å². The fourth-order valence-electron chi connectivity index (χ4n) is 1.28. The van der Waals surface area contributed by atoms with E-state index in [1.807, 2.05) is 0 Å². The van der Waals surface area contributed by atoms with Crippen LogP contribution in [0.3, 0.4) is 0 Å². The first-order valence-corrected chi connectivity index (χ1v) is 6.64. The summed E-state index contributed by atoms with van der Waals surface area (Å²) in [4.78, 5) is 21.8. The van der Waals surface area contributed by atoms with Crippen LogP contribution in [-0.4, -0.2) is 27.3 Å². The molecular weight excluding hydrogens is 356 g/mol. The average molecular weight is 366 g/mol. The summed E-state index contributed by atoms with van der Waals surface area (Å²) in [5.41, 5.74) is 1.04. The first-order chi connectivity index (χ1) is 7.95. The number of hydrogen-bond acceptors (Lipinski definition) is 3. The zero-order valence-electron chi connectivity index (χ0n) is 8.69. The third kappa shape index (κ3) is 3.90. The lowest BCUT2D eigenvalue weighted by Crippen LogP contribution is -2.11. The Hall–Kier alpha value is -0.720. The molecule has 0 amide bonds. The monoisotopic (exact) mass is 364 g/mol. The van der Waals surface area contributed by atoms with Crippen molar-refractivity contribution in [3.8, 4) is 0 Å². The van der Waals surface area contributed by atoms with E-state index in [0.29, 0.717) is 4.47 Å². The lowest BCUT2D eigenvalue weighted by molar-refractivity contribution is -0.147. The highest BCUT2D eigenvalue weighted by Crippen LogP contribution is 2.23. The molecule has 0 spiro atoms. The summed E-state index contributed by atoms with van der Waals surface area (Å²) in [7, 11) is 0. The maximum Gasteiger partial charge on any atom is 0.337 e. The number of aliphatic hydroxyl groups is 1. The summed E-state index contributed by atoms with van der Waals surface area (Å²) in [5, 5.41) is 18.3. The van der Waals surface area contributed by atoms with E-state index in [9.17, 15) is 14.7 Å². The summed E-state index contributed by atoms with van der Waals surface area (Å²) in [6, 6.07) is 4.64. The minimum atomic E-state index is -1.55. The number of ketones is 1. The van der Waals surface area contributed by atoms with E-state index < -0.39 is 12.1 Å². The van der Waals surface area contributed by atoms with Crippen LogP contribution >= 0.6 is 31.9 Å². The molecular formula is C11H10Br2O4. The van der Waals surface area contributed by atoms with Crippen molar-refractivity contribution in [2.24, 2.45) is 0 Å². The van der Waals surface area contributed by atoms with Crippen LogP contribution in [0.25, 0.3) is 0 Å². The van der Waals surface area contributed by atoms with Crippen LogP contribution in [0.4, 0.5) is 0 Å². The van der Waals surface area contributed by atoms with E-state index in [0.717, 1.165) is 5.56 Å². The number of hydrogen-bond donors (Lipinski definition) is 2. The molecule has 0 aliphatic carbocycles. The Labute approximate surface area is 115 Å². The van der Waals surface area contributed by atoms with Gasteiger partial charge in [-0.05, 0) is 17.2 Å². The molecule has 1 aromatic carbocycles. The van der Waals surface area contributed by atoms with Gasteiger partial charge in [0.1, 0.15) is 5.78 Å². The van der Waals surface area contributed by atoms with Crippen molar-refractivity contribution in [3.63, 3.8) is 0 Å². The zero-order valence-corrected chi connectivity index (χ0v) is 11.9. The molecule has 92 valence electrons. The average Bonchev–Trinajstić information content (AvgIpc) is 2.30. The number of Topliss-reactive ketones (excluding diaryl/α,β-unsaturated/α-hetero) is 1. The molecule has 17 heavy (non-hydrogen) atoms. The zero-order chi connectivity index (χ0) is 13.0. The number of aliphatic hydroxyl groups excluding tert-OH is 1. The van der Waals surface area contributed by atoms with Gasteiger partial charge >= 0.3 is 5.97 Å². The predicted octanol–water partition coefficient (Wildman–Crippen LogP) is 2.07. The number of carbonyl (C=O) groups excluding carboxylic acids is 1. The molecule has 0 bridgehead atoms. The highest BCUT2D eigenvalue weighted by molar-refractivity contribution is 9.10. The molecule has 0 aromatic heterocycles. The lowest BCUT2D eigenvalue weighted by Gasteiger charge is -2.09. The Bertz CT molecular complexity index is 445. The van der Waals surface area contributed by atoms with Gasteiger partial charge in [0.15, 0.2) is 6.10 Å². The molecule has 0 fully saturated rings. The number of alkyl halides is 1. The molecule has 1 aromatic rings. The minimum Gasteiger partial charge on any atom is -0.479 e. The van der Waals surface area contributed by atoms with Gasteiger partial charge in [-0.25, -0.2) is 4.79 Å². The van der Waals surface area contributed by atoms with Crippen LogP contribution in [0.5, 0.6) is 0 Å². The van der Waals surface area contributed by atoms with E-state index in [4.69, 9.17) is 5.11 Å². The molecule has 0 aliphatic heterocycles. The van der Waals surface area contributed by atoms with Gasteiger partial charge in [0.2, 0.25) is 0 Å². The Balaban J connectivity index is 2.93. The third-order valence-corrected chi connectivity index (χ3v) is 3.53. The highest BCUT2D eigenvalue weighted by atomic mass is 79.9. The Morgan fingerprint density at radius 1 is 1.35 bits per heavy atom. The number of carbonyl (C=O) groups is 2. The molecule has 1 atom stereocenters. The molecule has 0 heterocycles. The van der Waals surface area contributed by atoms with Gasteiger partial charge in [0.05, 0.1) is 5.33 Å². The fourth-order valence-corrected chi connectivity index (χ4v) is 2.01. The summed E-state index contributed by atoms with van der Waals surface area (Å²) in [6.07, 6.45) is -1.29. The second kappa shape index (κ2) is 6.28. The minimum absolute atomic E-state index is 0.0252. The molecule has 0 saturated heterocycles. The number of carboxylic acids is 1. The Kier molecular flexibility index (Phi) is 5.30. The lowest BCUT2D eigenvalue weighted by atomic mass is 10.0. The molecule has 1 unspecified atom stereocenters. The standard InChI is InChI=1S/C11H10Br2O4/c12-5-8(14)3-6-1-2-7(4-9(6)13)10(15)11(16)17/h1-2,4,10,15H,3,5H2,(H,16,17). The number of benzene rings is 1. The molecule has 1 rings (SSSR count). The van der Waals surface area contributed by atoms with Gasteiger partial charge in [0, 0.05) is 10.9 Å². The van der Waals surface area contributed by atoms with Crippen molar-refractivity contribution in [1.29, 1.82) is 0 Å². The van der Waals surface area contributed by atoms with Crippen LogP contribution in [-0.2, 0) is 16.0 Å². The molecule has 0 radical (unpaired) electrons. The normalized spacial score (nSPS) is 12.2. The summed E-state index contributed by atoms with van der Waals surface area (Å²) < 4.78 is 0.615. The van der Waals surface area contributed by atoms with E-state index in [1.165, 1.54) is 12.1 Å². The van der Waals surface area contributed by atoms with Gasteiger partial charge in [0.25, 0.3) is 0 Å². The molecule has 2 N–H and O–H groups in total. The first-order valence-electron chi connectivity index (χ1n) is 4.72. The van der Waals surface area contributed by atoms with Crippen molar-refractivity contribution >= 4 is 43.6 Å². The van der Waals surface area contributed by atoms with Gasteiger partial charge in [-0.1, -0.05) is 44.0 Å². The number of rotatable bonds is 5. The molecule has 6 heteroatoms. The number of aliphatic carboxylic acids is 1. The topological polar surface area (TPSA) is 74.6 Å². The van der Waals surface area contributed by atoms with Gasteiger partial charge in [-0.2, -0.15) is 0 Å². The van der Waals surface area contributed by atoms with Crippen molar-refractivity contribution in [3.05, 3.63) is 33.8 Å². The summed E-state index contributed by atoms with van der Waals surface area (Å²) in [5.74, 6) is -1.28. The largest absolute Gasteiger partial charge is 0.479 e. The van der Waals surface area contributed by atoms with E-state index in [-0.39, 0.29) is 23.1 Å². The SMILES string of the molecule is O=C(CBr)Cc1ccc(C(O)C(=O)O)cc1Br. The highest BCUT2D eigenvalue weighted by Gasteiger charge is 2.17. The Morgan fingerprint density at radius 2 is 2.00 bits per heavy atom. The van der Waals surface area contributed by atoms with Crippen LogP contribution in [0.15, 0.2) is 22.7 Å². The van der Waals surface area contributed by atoms with Gasteiger partial charge < -0.3 is 10.2 Å². The van der Waals surface area contributed by atoms with Crippen LogP contribution in [0.1, 0.15) is 17.2 Å². The van der Waals surface area contributed by atoms with E-state index in [1.54, 1.807) is 6.07 Å². The quantitative estimate of drug-likeness (QED) is 0.783. The van der Waals surface area contributed by atoms with Crippen LogP contribution in [0, 0.1) is 0 Å². The molecule has 0 saturated carbocycles. The first kappa shape index (κ1) is 14.3. The summed E-state index contributed by atoms with van der Waals surface area (Å²) >= 11 is 6.32. The van der Waals surface area contributed by atoms with Crippen LogP contribution < -0.4 is 0 Å². The van der Waals surface area contributed by atoms with Crippen LogP contribution in [0.2, 0.25) is 0 Å². The molecule has 0 aliphatic rings. The third-order valence-electron chi connectivity index (χ3n) is 2.16. The van der Waals surface area contributed by atoms with E-state index in [2.05, 4.69) is 31.9 Å².